The standard InChI is InChI=1S/C15H18O3/c1-4-18-15(16)8-6-5-7-13-9-10-14(17-3)12(2)11-13/h5-11H,4H2,1-3H3. The van der Waals surface area contributed by atoms with Crippen molar-refractivity contribution in [3.05, 3.63) is 47.6 Å². The van der Waals surface area contributed by atoms with E-state index in [0.29, 0.717) is 6.61 Å². The van der Waals surface area contributed by atoms with Crippen LogP contribution in [0, 0.1) is 6.92 Å². The minimum Gasteiger partial charge on any atom is -0.496 e. The molecule has 18 heavy (non-hydrogen) atoms. The number of carbonyl (C=O) groups excluding carboxylic acids is 1. The van der Waals surface area contributed by atoms with E-state index in [9.17, 15) is 4.79 Å². The molecule has 0 atom stereocenters. The number of esters is 1. The molecule has 1 rings (SSSR count). The summed E-state index contributed by atoms with van der Waals surface area (Å²) in [5, 5.41) is 0. The summed E-state index contributed by atoms with van der Waals surface area (Å²) in [6.07, 6.45) is 6.79. The van der Waals surface area contributed by atoms with Crippen molar-refractivity contribution in [2.45, 2.75) is 13.8 Å². The van der Waals surface area contributed by atoms with Gasteiger partial charge in [0.15, 0.2) is 0 Å². The SMILES string of the molecule is CCOC(=O)C=CC=Cc1ccc(OC)c(C)c1. The van der Waals surface area contributed by atoms with Gasteiger partial charge in [-0.25, -0.2) is 4.79 Å². The summed E-state index contributed by atoms with van der Waals surface area (Å²) in [6.45, 7) is 4.16. The normalized spacial score (nSPS) is 11.1. The van der Waals surface area contributed by atoms with Crippen LogP contribution >= 0.6 is 0 Å². The summed E-state index contributed by atoms with van der Waals surface area (Å²) < 4.78 is 9.95. The highest BCUT2D eigenvalue weighted by Gasteiger charge is 1.96. The molecule has 0 bridgehead atoms. The van der Waals surface area contributed by atoms with Crippen molar-refractivity contribution in [2.75, 3.05) is 13.7 Å². The number of rotatable bonds is 5. The van der Waals surface area contributed by atoms with Gasteiger partial charge < -0.3 is 9.47 Å². The van der Waals surface area contributed by atoms with E-state index in [1.165, 1.54) is 6.08 Å². The quantitative estimate of drug-likeness (QED) is 0.455. The molecule has 3 nitrogen and oxygen atoms in total. The molecule has 0 fully saturated rings. The highest BCUT2D eigenvalue weighted by atomic mass is 16.5. The average molecular weight is 246 g/mol. The first-order chi connectivity index (χ1) is 8.67. The maximum absolute atomic E-state index is 11.0. The van der Waals surface area contributed by atoms with Crippen LogP contribution in [-0.4, -0.2) is 19.7 Å². The van der Waals surface area contributed by atoms with Gasteiger partial charge in [0.05, 0.1) is 13.7 Å². The van der Waals surface area contributed by atoms with Crippen molar-refractivity contribution >= 4 is 12.0 Å². The van der Waals surface area contributed by atoms with Gasteiger partial charge in [0.25, 0.3) is 0 Å². The average Bonchev–Trinajstić information content (AvgIpc) is 2.35. The van der Waals surface area contributed by atoms with Gasteiger partial charge in [0, 0.05) is 6.08 Å². The summed E-state index contributed by atoms with van der Waals surface area (Å²) in [5.74, 6) is 0.544. The van der Waals surface area contributed by atoms with Gasteiger partial charge in [-0.3, -0.25) is 0 Å². The van der Waals surface area contributed by atoms with Crippen LogP contribution in [0.4, 0.5) is 0 Å². The van der Waals surface area contributed by atoms with Gasteiger partial charge in [0.2, 0.25) is 0 Å². The first-order valence-electron chi connectivity index (χ1n) is 5.83. The Bertz CT molecular complexity index is 459. The Hall–Kier alpha value is -2.03. The van der Waals surface area contributed by atoms with Crippen molar-refractivity contribution in [3.63, 3.8) is 0 Å². The Balaban J connectivity index is 2.62. The first kappa shape index (κ1) is 14.0. The number of methoxy groups -OCH3 is 1. The molecular formula is C15H18O3. The molecule has 0 aliphatic heterocycles. The molecule has 3 heteroatoms. The van der Waals surface area contributed by atoms with Crippen LogP contribution in [-0.2, 0) is 9.53 Å². The molecule has 0 N–H and O–H groups in total. The third-order valence-corrected chi connectivity index (χ3v) is 2.34. The minimum absolute atomic E-state index is 0.326. The number of aryl methyl sites for hydroxylation is 1. The fourth-order valence-corrected chi connectivity index (χ4v) is 1.50. The van der Waals surface area contributed by atoms with E-state index in [-0.39, 0.29) is 5.97 Å². The van der Waals surface area contributed by atoms with E-state index in [0.717, 1.165) is 16.9 Å². The molecule has 0 aliphatic carbocycles. The molecule has 0 aromatic heterocycles. The van der Waals surface area contributed by atoms with Crippen LogP contribution in [0.25, 0.3) is 6.08 Å². The lowest BCUT2D eigenvalue weighted by Crippen LogP contribution is -1.98. The number of benzene rings is 1. The third kappa shape index (κ3) is 4.45. The molecule has 0 unspecified atom stereocenters. The van der Waals surface area contributed by atoms with Gasteiger partial charge in [-0.2, -0.15) is 0 Å². The van der Waals surface area contributed by atoms with Gasteiger partial charge >= 0.3 is 5.97 Å². The molecule has 0 spiro atoms. The van der Waals surface area contributed by atoms with E-state index in [1.807, 2.05) is 31.2 Å². The Morgan fingerprint density at radius 1 is 1.33 bits per heavy atom. The molecule has 0 amide bonds. The van der Waals surface area contributed by atoms with Gasteiger partial charge in [-0.1, -0.05) is 24.3 Å². The van der Waals surface area contributed by atoms with E-state index in [1.54, 1.807) is 26.2 Å². The zero-order valence-electron chi connectivity index (χ0n) is 11.0. The third-order valence-electron chi connectivity index (χ3n) is 2.34. The Morgan fingerprint density at radius 2 is 2.11 bits per heavy atom. The number of hydrogen-bond acceptors (Lipinski definition) is 3. The number of ether oxygens (including phenoxy) is 2. The van der Waals surface area contributed by atoms with E-state index in [2.05, 4.69) is 0 Å². The second-order valence-corrected chi connectivity index (χ2v) is 3.70. The smallest absolute Gasteiger partial charge is 0.330 e. The molecular weight excluding hydrogens is 228 g/mol. The van der Waals surface area contributed by atoms with E-state index < -0.39 is 0 Å². The highest BCUT2D eigenvalue weighted by molar-refractivity contribution is 5.82. The monoisotopic (exact) mass is 246 g/mol. The zero-order chi connectivity index (χ0) is 13.4. The van der Waals surface area contributed by atoms with Crippen molar-refractivity contribution < 1.29 is 14.3 Å². The lowest BCUT2D eigenvalue weighted by molar-refractivity contribution is -0.137. The van der Waals surface area contributed by atoms with Crippen LogP contribution in [0.3, 0.4) is 0 Å². The summed E-state index contributed by atoms with van der Waals surface area (Å²) in [5.41, 5.74) is 2.14. The number of hydrogen-bond donors (Lipinski definition) is 0. The Morgan fingerprint density at radius 3 is 2.72 bits per heavy atom. The second-order valence-electron chi connectivity index (χ2n) is 3.70. The fourth-order valence-electron chi connectivity index (χ4n) is 1.50. The molecule has 96 valence electrons. The van der Waals surface area contributed by atoms with Crippen molar-refractivity contribution in [3.8, 4) is 5.75 Å². The van der Waals surface area contributed by atoms with Crippen molar-refractivity contribution in [2.24, 2.45) is 0 Å². The fraction of sp³-hybridized carbons (Fsp3) is 0.267. The van der Waals surface area contributed by atoms with Crippen LogP contribution in [0.15, 0.2) is 36.4 Å². The van der Waals surface area contributed by atoms with Crippen molar-refractivity contribution in [1.29, 1.82) is 0 Å². The topological polar surface area (TPSA) is 35.5 Å². The zero-order valence-corrected chi connectivity index (χ0v) is 11.0. The molecule has 0 heterocycles. The van der Waals surface area contributed by atoms with Crippen LogP contribution < -0.4 is 4.74 Å². The lowest BCUT2D eigenvalue weighted by Gasteiger charge is -2.04. The van der Waals surface area contributed by atoms with Gasteiger partial charge in [-0.15, -0.1) is 0 Å². The van der Waals surface area contributed by atoms with Crippen LogP contribution in [0.5, 0.6) is 5.75 Å². The maximum atomic E-state index is 11.0. The van der Waals surface area contributed by atoms with Crippen molar-refractivity contribution in [1.82, 2.24) is 0 Å². The van der Waals surface area contributed by atoms with Gasteiger partial charge in [0.1, 0.15) is 5.75 Å². The number of carbonyl (C=O) groups is 1. The van der Waals surface area contributed by atoms with Crippen LogP contribution in [0.2, 0.25) is 0 Å². The summed E-state index contributed by atoms with van der Waals surface area (Å²) in [6, 6.07) is 5.90. The molecule has 0 aliphatic rings. The number of allylic oxidation sites excluding steroid dienone is 2. The molecule has 0 saturated heterocycles. The molecule has 1 aromatic rings. The molecule has 0 saturated carbocycles. The Labute approximate surface area is 108 Å². The minimum atomic E-state index is -0.326. The van der Waals surface area contributed by atoms with E-state index >= 15 is 0 Å². The first-order valence-corrected chi connectivity index (χ1v) is 5.83. The highest BCUT2D eigenvalue weighted by Crippen LogP contribution is 2.19. The predicted molar refractivity (Wildman–Crippen MR) is 72.5 cm³/mol. The second kappa shape index (κ2) is 7.33. The Kier molecular flexibility index (Phi) is 5.71. The van der Waals surface area contributed by atoms with Gasteiger partial charge in [-0.05, 0) is 37.1 Å². The van der Waals surface area contributed by atoms with Crippen LogP contribution in [0.1, 0.15) is 18.1 Å². The molecule has 1 aromatic carbocycles. The maximum Gasteiger partial charge on any atom is 0.330 e. The summed E-state index contributed by atoms with van der Waals surface area (Å²) in [7, 11) is 1.65. The summed E-state index contributed by atoms with van der Waals surface area (Å²) in [4.78, 5) is 11.0. The molecule has 0 radical (unpaired) electrons. The predicted octanol–water partition coefficient (Wildman–Crippen LogP) is 3.14. The lowest BCUT2D eigenvalue weighted by atomic mass is 10.1. The largest absolute Gasteiger partial charge is 0.496 e. The summed E-state index contributed by atoms with van der Waals surface area (Å²) >= 11 is 0. The van der Waals surface area contributed by atoms with E-state index in [4.69, 9.17) is 9.47 Å².